The van der Waals surface area contributed by atoms with Gasteiger partial charge in [0.2, 0.25) is 0 Å². The van der Waals surface area contributed by atoms with Gasteiger partial charge < -0.3 is 5.11 Å². The normalized spacial score (nSPS) is 11.0. The third-order valence-electron chi connectivity index (χ3n) is 2.95. The molecule has 0 aliphatic rings. The van der Waals surface area contributed by atoms with Crippen LogP contribution in [0.15, 0.2) is 52.6 Å². The highest BCUT2D eigenvalue weighted by atomic mass is 32.2. The number of fused-ring (bicyclic) bond motifs is 1. The predicted octanol–water partition coefficient (Wildman–Crippen LogP) is 3.55. The number of para-hydroxylation sites is 1. The lowest BCUT2D eigenvalue weighted by Gasteiger charge is -2.08. The molecule has 0 radical (unpaired) electrons. The molecule has 0 saturated carbocycles. The number of nitrogens with zero attached hydrogens (tertiary/aromatic N) is 2. The van der Waals surface area contributed by atoms with E-state index < -0.39 is 18.2 Å². The number of benzene rings is 2. The lowest BCUT2D eigenvalue weighted by atomic mass is 10.2. The molecular formula is C15H10F2N2OS. The summed E-state index contributed by atoms with van der Waals surface area (Å²) in [4.78, 5) is 8.06. The van der Waals surface area contributed by atoms with E-state index in [9.17, 15) is 8.78 Å². The van der Waals surface area contributed by atoms with E-state index in [-0.39, 0.29) is 10.5 Å². The summed E-state index contributed by atoms with van der Waals surface area (Å²) in [6.45, 7) is -0.408. The van der Waals surface area contributed by atoms with Crippen LogP contribution in [0.4, 0.5) is 8.78 Å². The highest BCUT2D eigenvalue weighted by Crippen LogP contribution is 2.34. The van der Waals surface area contributed by atoms with Crippen LogP contribution in [0, 0.1) is 11.6 Å². The van der Waals surface area contributed by atoms with E-state index in [1.165, 1.54) is 6.33 Å². The molecule has 1 aromatic heterocycles. The van der Waals surface area contributed by atoms with Crippen molar-refractivity contribution in [3.8, 4) is 0 Å². The summed E-state index contributed by atoms with van der Waals surface area (Å²) in [6, 6.07) is 9.50. The SMILES string of the molecule is OCc1cc(F)c(Sc2ncnc3ccccc23)c(F)c1. The first kappa shape index (κ1) is 13.9. The molecule has 21 heavy (non-hydrogen) atoms. The van der Waals surface area contributed by atoms with Crippen LogP contribution in [-0.4, -0.2) is 15.1 Å². The van der Waals surface area contributed by atoms with Gasteiger partial charge in [-0.15, -0.1) is 0 Å². The van der Waals surface area contributed by atoms with E-state index in [1.807, 2.05) is 18.2 Å². The van der Waals surface area contributed by atoms with E-state index in [2.05, 4.69) is 9.97 Å². The molecule has 3 nitrogen and oxygen atoms in total. The first-order valence-electron chi connectivity index (χ1n) is 6.15. The Kier molecular flexibility index (Phi) is 3.81. The van der Waals surface area contributed by atoms with Gasteiger partial charge in [0, 0.05) is 5.39 Å². The second kappa shape index (κ2) is 5.75. The largest absolute Gasteiger partial charge is 0.392 e. The van der Waals surface area contributed by atoms with Crippen molar-refractivity contribution >= 4 is 22.7 Å². The standard InChI is InChI=1S/C15H10F2N2OS/c16-11-5-9(7-20)6-12(17)14(11)21-15-10-3-1-2-4-13(10)18-8-19-15/h1-6,8,20H,7H2. The average Bonchev–Trinajstić information content (AvgIpc) is 2.50. The van der Waals surface area contributed by atoms with Gasteiger partial charge in [-0.1, -0.05) is 30.0 Å². The van der Waals surface area contributed by atoms with Gasteiger partial charge in [-0.05, 0) is 23.8 Å². The fourth-order valence-corrected chi connectivity index (χ4v) is 2.85. The van der Waals surface area contributed by atoms with Crippen LogP contribution in [0.3, 0.4) is 0 Å². The number of hydrogen-bond donors (Lipinski definition) is 1. The molecule has 0 unspecified atom stereocenters. The summed E-state index contributed by atoms with van der Waals surface area (Å²) in [5, 5.41) is 10.2. The molecule has 0 atom stereocenters. The van der Waals surface area contributed by atoms with Gasteiger partial charge in [-0.3, -0.25) is 0 Å². The van der Waals surface area contributed by atoms with E-state index in [0.717, 1.165) is 29.3 Å². The minimum absolute atomic E-state index is 0.143. The number of halogens is 2. The third-order valence-corrected chi connectivity index (χ3v) is 4.06. The Hall–Kier alpha value is -2.05. The van der Waals surface area contributed by atoms with Gasteiger partial charge in [0.1, 0.15) is 23.0 Å². The molecule has 0 amide bonds. The summed E-state index contributed by atoms with van der Waals surface area (Å²) in [7, 11) is 0. The van der Waals surface area contributed by atoms with Crippen molar-refractivity contribution in [1.29, 1.82) is 0 Å². The van der Waals surface area contributed by atoms with Crippen molar-refractivity contribution in [2.24, 2.45) is 0 Å². The first-order chi connectivity index (χ1) is 10.2. The van der Waals surface area contributed by atoms with Gasteiger partial charge in [0.15, 0.2) is 0 Å². The lowest BCUT2D eigenvalue weighted by molar-refractivity contribution is 0.280. The summed E-state index contributed by atoms with van der Waals surface area (Å²) < 4.78 is 27.9. The molecule has 3 aromatic rings. The fraction of sp³-hybridized carbons (Fsp3) is 0.0667. The molecule has 106 valence electrons. The van der Waals surface area contributed by atoms with Crippen LogP contribution in [0.5, 0.6) is 0 Å². The van der Waals surface area contributed by atoms with Crippen LogP contribution in [0.25, 0.3) is 10.9 Å². The zero-order valence-corrected chi connectivity index (χ0v) is 11.6. The molecular weight excluding hydrogens is 294 g/mol. The monoisotopic (exact) mass is 304 g/mol. The summed E-state index contributed by atoms with van der Waals surface area (Å²) in [5.74, 6) is -1.43. The first-order valence-corrected chi connectivity index (χ1v) is 6.97. The van der Waals surface area contributed by atoms with E-state index in [4.69, 9.17) is 5.11 Å². The van der Waals surface area contributed by atoms with Crippen molar-refractivity contribution < 1.29 is 13.9 Å². The van der Waals surface area contributed by atoms with E-state index >= 15 is 0 Å². The van der Waals surface area contributed by atoms with Crippen LogP contribution in [0.2, 0.25) is 0 Å². The average molecular weight is 304 g/mol. The molecule has 3 rings (SSSR count). The molecule has 1 N–H and O–H groups in total. The fourth-order valence-electron chi connectivity index (χ4n) is 1.96. The Balaban J connectivity index is 2.07. The van der Waals surface area contributed by atoms with Gasteiger partial charge in [-0.2, -0.15) is 0 Å². The Morgan fingerprint density at radius 2 is 1.76 bits per heavy atom. The molecule has 1 heterocycles. The number of aromatic nitrogens is 2. The molecule has 0 bridgehead atoms. The Bertz CT molecular complexity index is 782. The zero-order valence-electron chi connectivity index (χ0n) is 10.8. The molecule has 0 aliphatic carbocycles. The van der Waals surface area contributed by atoms with Crippen molar-refractivity contribution in [3.63, 3.8) is 0 Å². The second-order valence-electron chi connectivity index (χ2n) is 4.34. The van der Waals surface area contributed by atoms with Gasteiger partial charge in [0.05, 0.1) is 17.0 Å². The molecule has 2 aromatic carbocycles. The third kappa shape index (κ3) is 2.72. The minimum Gasteiger partial charge on any atom is -0.392 e. The van der Waals surface area contributed by atoms with Crippen LogP contribution in [0.1, 0.15) is 5.56 Å². The molecule has 0 saturated heterocycles. The summed E-state index contributed by atoms with van der Waals surface area (Å²) in [5.41, 5.74) is 0.907. The van der Waals surface area contributed by atoms with Crippen molar-refractivity contribution in [3.05, 3.63) is 59.9 Å². The number of aliphatic hydroxyl groups is 1. The van der Waals surface area contributed by atoms with Crippen molar-refractivity contribution in [2.45, 2.75) is 16.5 Å². The zero-order chi connectivity index (χ0) is 14.8. The van der Waals surface area contributed by atoms with E-state index in [1.54, 1.807) is 6.07 Å². The Morgan fingerprint density at radius 1 is 1.05 bits per heavy atom. The minimum atomic E-state index is -0.716. The smallest absolute Gasteiger partial charge is 0.140 e. The Morgan fingerprint density at radius 3 is 2.48 bits per heavy atom. The van der Waals surface area contributed by atoms with Gasteiger partial charge in [0.25, 0.3) is 0 Å². The van der Waals surface area contributed by atoms with Crippen LogP contribution in [-0.2, 0) is 6.61 Å². The van der Waals surface area contributed by atoms with Gasteiger partial charge >= 0.3 is 0 Å². The second-order valence-corrected chi connectivity index (χ2v) is 5.34. The van der Waals surface area contributed by atoms with E-state index in [0.29, 0.717) is 10.5 Å². The predicted molar refractivity (Wildman–Crippen MR) is 75.9 cm³/mol. The lowest BCUT2D eigenvalue weighted by Crippen LogP contribution is -1.94. The van der Waals surface area contributed by atoms with Crippen molar-refractivity contribution in [1.82, 2.24) is 9.97 Å². The summed E-state index contributed by atoms with van der Waals surface area (Å²) >= 11 is 0.907. The highest BCUT2D eigenvalue weighted by molar-refractivity contribution is 7.99. The topological polar surface area (TPSA) is 46.0 Å². The van der Waals surface area contributed by atoms with Crippen molar-refractivity contribution in [2.75, 3.05) is 0 Å². The maximum Gasteiger partial charge on any atom is 0.140 e. The molecule has 0 fully saturated rings. The maximum atomic E-state index is 14.0. The Labute approximate surface area is 123 Å². The van der Waals surface area contributed by atoms with Gasteiger partial charge in [-0.25, -0.2) is 18.7 Å². The van der Waals surface area contributed by atoms with Crippen LogP contribution >= 0.6 is 11.8 Å². The maximum absolute atomic E-state index is 14.0. The van der Waals surface area contributed by atoms with Crippen LogP contribution < -0.4 is 0 Å². The number of hydrogen-bond acceptors (Lipinski definition) is 4. The number of aliphatic hydroxyl groups excluding tert-OH is 1. The quantitative estimate of drug-likeness (QED) is 0.752. The summed E-state index contributed by atoms with van der Waals surface area (Å²) in [6.07, 6.45) is 1.36. The molecule has 6 heteroatoms. The molecule has 0 spiro atoms. The highest BCUT2D eigenvalue weighted by Gasteiger charge is 2.15. The molecule has 0 aliphatic heterocycles. The number of rotatable bonds is 3.